The minimum absolute atomic E-state index is 0.918. The van der Waals surface area contributed by atoms with Gasteiger partial charge in [0.1, 0.15) is 18.9 Å². The average molecular weight is 306 g/mol. The Morgan fingerprint density at radius 2 is 1.67 bits per heavy atom. The Hall–Kier alpha value is -2.22. The van der Waals surface area contributed by atoms with Crippen LogP contribution in [0.25, 0.3) is 5.65 Å². The molecule has 3 rings (SSSR count). The van der Waals surface area contributed by atoms with E-state index in [9.17, 15) is 0 Å². The van der Waals surface area contributed by atoms with Crippen LogP contribution >= 0.6 is 0 Å². The summed E-state index contributed by atoms with van der Waals surface area (Å²) in [6.07, 6.45) is 6.26. The van der Waals surface area contributed by atoms with Gasteiger partial charge >= 0.3 is 0 Å². The fourth-order valence-corrected chi connectivity index (χ4v) is 1.96. The lowest BCUT2D eigenvalue weighted by molar-refractivity contribution is -0.661. The van der Waals surface area contributed by atoms with Gasteiger partial charge in [0.25, 0.3) is 5.65 Å². The molecule has 6 nitrogen and oxygen atoms in total. The predicted molar refractivity (Wildman–Crippen MR) is 75.5 cm³/mol. The van der Waals surface area contributed by atoms with Gasteiger partial charge in [-0.15, -0.1) is 0 Å². The van der Waals surface area contributed by atoms with Crippen molar-refractivity contribution in [1.29, 1.82) is 0 Å². The van der Waals surface area contributed by atoms with Crippen molar-refractivity contribution in [2.75, 3.05) is 0 Å². The molecule has 0 bridgehead atoms. The molecule has 0 radical (unpaired) electrons. The van der Waals surface area contributed by atoms with Gasteiger partial charge in [-0.05, 0) is 11.6 Å². The second kappa shape index (κ2) is 6.49. The molecule has 0 aliphatic rings. The summed E-state index contributed by atoms with van der Waals surface area (Å²) in [4.78, 5) is 0. The summed E-state index contributed by atoms with van der Waals surface area (Å²) in [6.45, 7) is 0.918. The topological polar surface area (TPSA) is 85.7 Å². The van der Waals surface area contributed by atoms with Crippen LogP contribution in [0.3, 0.4) is 0 Å². The van der Waals surface area contributed by atoms with Gasteiger partial charge in [-0.2, -0.15) is 0 Å². The number of rotatable bonds is 2. The number of aromatic nitrogens is 2. The number of pyridine rings is 1. The zero-order valence-electron chi connectivity index (χ0n) is 11.0. The van der Waals surface area contributed by atoms with Crippen LogP contribution < -0.4 is 4.57 Å². The van der Waals surface area contributed by atoms with Gasteiger partial charge in [0.15, 0.2) is 0 Å². The average Bonchev–Trinajstić information content (AvgIpc) is 2.82. The van der Waals surface area contributed by atoms with Gasteiger partial charge < -0.3 is 4.55 Å². The van der Waals surface area contributed by atoms with E-state index in [1.807, 2.05) is 12.1 Å². The van der Waals surface area contributed by atoms with E-state index in [4.69, 9.17) is 17.5 Å². The van der Waals surface area contributed by atoms with Crippen molar-refractivity contribution in [2.45, 2.75) is 6.54 Å². The molecular weight excluding hydrogens is 292 g/mol. The number of imidazole rings is 1. The molecule has 3 aromatic rings. The highest BCUT2D eigenvalue weighted by molar-refractivity contribution is 7.79. The molecule has 0 aliphatic heterocycles. The quantitative estimate of drug-likeness (QED) is 0.439. The molecule has 0 spiro atoms. The van der Waals surface area contributed by atoms with Crippen molar-refractivity contribution in [2.24, 2.45) is 0 Å². The Kier molecular flexibility index (Phi) is 4.69. The zero-order valence-corrected chi connectivity index (χ0v) is 11.8. The first-order valence-electron chi connectivity index (χ1n) is 6.11. The van der Waals surface area contributed by atoms with E-state index in [1.165, 1.54) is 11.2 Å². The number of benzene rings is 1. The molecule has 21 heavy (non-hydrogen) atoms. The van der Waals surface area contributed by atoms with Crippen LogP contribution in [0.1, 0.15) is 5.56 Å². The fraction of sp³-hybridized carbons (Fsp3) is 0.0714. The van der Waals surface area contributed by atoms with E-state index in [1.54, 1.807) is 0 Å². The SMILES string of the molecule is O=S(=O)([O-])O.c1ccc(C[n+]2ccn3ccccc32)cc1. The van der Waals surface area contributed by atoms with Crippen LogP contribution in [-0.2, 0) is 16.9 Å². The molecule has 110 valence electrons. The Morgan fingerprint density at radius 3 is 2.33 bits per heavy atom. The van der Waals surface area contributed by atoms with Crippen LogP contribution in [0.15, 0.2) is 67.1 Å². The van der Waals surface area contributed by atoms with E-state index in [2.05, 4.69) is 64.0 Å². The minimum Gasteiger partial charge on any atom is -0.726 e. The third-order valence-corrected chi connectivity index (χ3v) is 2.76. The second-order valence-corrected chi connectivity index (χ2v) is 5.16. The van der Waals surface area contributed by atoms with Crippen molar-refractivity contribution in [3.63, 3.8) is 0 Å². The van der Waals surface area contributed by atoms with Gasteiger partial charge in [-0.3, -0.25) is 4.55 Å². The molecule has 0 unspecified atom stereocenters. The summed E-state index contributed by atoms with van der Waals surface area (Å²) in [5, 5.41) is 0. The summed E-state index contributed by atoms with van der Waals surface area (Å²) in [5.74, 6) is 0. The Bertz CT molecular complexity index is 805. The highest BCUT2D eigenvalue weighted by atomic mass is 32.3. The maximum Gasteiger partial charge on any atom is 0.286 e. The lowest BCUT2D eigenvalue weighted by Crippen LogP contribution is -2.32. The van der Waals surface area contributed by atoms with E-state index in [-0.39, 0.29) is 0 Å². The Morgan fingerprint density at radius 1 is 1.05 bits per heavy atom. The molecule has 7 heteroatoms. The molecule has 1 aromatic carbocycles. The zero-order chi connectivity index (χ0) is 15.3. The van der Waals surface area contributed by atoms with E-state index in [0.717, 1.165) is 6.54 Å². The van der Waals surface area contributed by atoms with E-state index >= 15 is 0 Å². The standard InChI is InChI=1S/C14H13N2.H2O4S/c1-2-6-13(7-3-1)12-16-11-10-15-9-5-4-8-14(15)16;1-5(2,3)4/h1-11H,12H2;(H2,1,2,3,4)/q+1;/p-1. The maximum absolute atomic E-state index is 8.63. The number of hydrogen-bond acceptors (Lipinski definition) is 3. The van der Waals surface area contributed by atoms with Crippen LogP contribution in [0, 0.1) is 0 Å². The maximum atomic E-state index is 8.63. The Labute approximate surface area is 122 Å². The predicted octanol–water partition coefficient (Wildman–Crippen LogP) is 1.28. The third kappa shape index (κ3) is 4.99. The molecule has 0 fully saturated rings. The van der Waals surface area contributed by atoms with Gasteiger partial charge in [0.2, 0.25) is 10.4 Å². The summed E-state index contributed by atoms with van der Waals surface area (Å²) in [6, 6.07) is 16.7. The van der Waals surface area contributed by atoms with Crippen molar-refractivity contribution < 1.29 is 22.1 Å². The first-order valence-corrected chi connectivity index (χ1v) is 7.47. The molecule has 1 N–H and O–H groups in total. The summed E-state index contributed by atoms with van der Waals surface area (Å²) in [7, 11) is -4.92. The van der Waals surface area contributed by atoms with Crippen LogP contribution in [0.2, 0.25) is 0 Å². The molecule has 0 amide bonds. The highest BCUT2D eigenvalue weighted by Gasteiger charge is 2.07. The molecule has 0 atom stereocenters. The first-order chi connectivity index (χ1) is 9.93. The van der Waals surface area contributed by atoms with Crippen LogP contribution in [-0.4, -0.2) is 21.9 Å². The normalized spacial score (nSPS) is 11.0. The smallest absolute Gasteiger partial charge is 0.286 e. The molecule has 2 aromatic heterocycles. The number of hydrogen-bond donors (Lipinski definition) is 1. The first kappa shape index (κ1) is 15.2. The van der Waals surface area contributed by atoms with Gasteiger partial charge in [-0.25, -0.2) is 17.4 Å². The van der Waals surface area contributed by atoms with Crippen molar-refractivity contribution in [3.05, 3.63) is 72.7 Å². The third-order valence-electron chi connectivity index (χ3n) is 2.76. The van der Waals surface area contributed by atoms with Crippen molar-refractivity contribution in [3.8, 4) is 0 Å². The Balaban J connectivity index is 0.000000282. The van der Waals surface area contributed by atoms with E-state index in [0.29, 0.717) is 0 Å². The van der Waals surface area contributed by atoms with Crippen molar-refractivity contribution in [1.82, 2.24) is 4.40 Å². The van der Waals surface area contributed by atoms with Crippen molar-refractivity contribution >= 4 is 16.0 Å². The summed E-state index contributed by atoms with van der Waals surface area (Å²) >= 11 is 0. The fourth-order valence-electron chi connectivity index (χ4n) is 1.96. The number of nitrogens with zero attached hydrogens (tertiary/aromatic N) is 2. The molecule has 0 saturated heterocycles. The summed E-state index contributed by atoms with van der Waals surface area (Å²) in [5.41, 5.74) is 2.54. The van der Waals surface area contributed by atoms with Gasteiger partial charge in [0, 0.05) is 6.07 Å². The van der Waals surface area contributed by atoms with Gasteiger partial charge in [0.05, 0.1) is 6.20 Å². The van der Waals surface area contributed by atoms with E-state index < -0.39 is 10.4 Å². The lowest BCUT2D eigenvalue weighted by Gasteiger charge is -1.97. The lowest BCUT2D eigenvalue weighted by atomic mass is 10.2. The van der Waals surface area contributed by atoms with Crippen LogP contribution in [0.5, 0.6) is 0 Å². The second-order valence-electron chi connectivity index (χ2n) is 4.31. The van der Waals surface area contributed by atoms with Crippen LogP contribution in [0.4, 0.5) is 0 Å². The minimum atomic E-state index is -4.92. The summed E-state index contributed by atoms with van der Waals surface area (Å²) < 4.78 is 37.2. The molecule has 0 saturated carbocycles. The number of fused-ring (bicyclic) bond motifs is 1. The highest BCUT2D eigenvalue weighted by Crippen LogP contribution is 2.01. The largest absolute Gasteiger partial charge is 0.726 e. The molecule has 2 heterocycles. The monoisotopic (exact) mass is 306 g/mol. The van der Waals surface area contributed by atoms with Gasteiger partial charge in [-0.1, -0.05) is 36.4 Å². The molecular formula is C14H14N2O4S. The molecule has 0 aliphatic carbocycles.